The van der Waals surface area contributed by atoms with Gasteiger partial charge in [0, 0.05) is 24.4 Å². The van der Waals surface area contributed by atoms with Crippen LogP contribution < -0.4 is 5.32 Å². The number of hydrogen-bond acceptors (Lipinski definition) is 6. The lowest BCUT2D eigenvalue weighted by Gasteiger charge is -2.30. The van der Waals surface area contributed by atoms with E-state index in [4.69, 9.17) is 4.52 Å². The molecule has 4 rings (SSSR count). The summed E-state index contributed by atoms with van der Waals surface area (Å²) in [4.78, 5) is 19.5. The van der Waals surface area contributed by atoms with Crippen molar-refractivity contribution >= 4 is 17.7 Å². The van der Waals surface area contributed by atoms with Gasteiger partial charge in [-0.05, 0) is 44.0 Å². The first-order valence-corrected chi connectivity index (χ1v) is 12.8. The monoisotopic (exact) mass is 464 g/mol. The van der Waals surface area contributed by atoms with E-state index in [0.717, 1.165) is 56.0 Å². The smallest absolute Gasteiger partial charge is 0.241 e. The fraction of sp³-hybridized carbons (Fsp3) is 0.423. The molecular formula is C26H32N4O2S. The molecule has 2 heterocycles. The van der Waals surface area contributed by atoms with Gasteiger partial charge in [0.2, 0.25) is 17.6 Å². The Labute approximate surface area is 200 Å². The number of rotatable bonds is 10. The summed E-state index contributed by atoms with van der Waals surface area (Å²) in [6.45, 7) is 5.12. The quantitative estimate of drug-likeness (QED) is 0.439. The second-order valence-electron chi connectivity index (χ2n) is 8.64. The van der Waals surface area contributed by atoms with E-state index in [2.05, 4.69) is 51.5 Å². The Bertz CT molecular complexity index is 1020. The van der Waals surface area contributed by atoms with Crippen LogP contribution in [0.4, 0.5) is 0 Å². The Morgan fingerprint density at radius 3 is 2.94 bits per heavy atom. The highest BCUT2D eigenvalue weighted by Crippen LogP contribution is 2.20. The summed E-state index contributed by atoms with van der Waals surface area (Å²) in [6, 6.07) is 18.5. The molecule has 7 heteroatoms. The maximum Gasteiger partial charge on any atom is 0.241 e. The summed E-state index contributed by atoms with van der Waals surface area (Å²) >= 11 is 1.92. The molecule has 1 amide bonds. The Hall–Kier alpha value is -2.64. The predicted molar refractivity (Wildman–Crippen MR) is 133 cm³/mol. The Morgan fingerprint density at radius 1 is 1.21 bits per heavy atom. The summed E-state index contributed by atoms with van der Waals surface area (Å²) < 4.78 is 5.45. The highest BCUT2D eigenvalue weighted by Gasteiger charge is 2.26. The molecule has 1 saturated heterocycles. The van der Waals surface area contributed by atoms with Gasteiger partial charge in [-0.25, -0.2) is 0 Å². The Balaban J connectivity index is 1.15. The summed E-state index contributed by atoms with van der Waals surface area (Å²) in [6.07, 6.45) is 2.93. The van der Waals surface area contributed by atoms with E-state index in [1.807, 2.05) is 42.1 Å². The number of piperidine rings is 1. The van der Waals surface area contributed by atoms with Crippen molar-refractivity contribution in [3.8, 4) is 11.4 Å². The third-order valence-corrected chi connectivity index (χ3v) is 6.97. The molecule has 1 fully saturated rings. The number of nitrogens with one attached hydrogen (secondary N) is 1. The van der Waals surface area contributed by atoms with E-state index in [-0.39, 0.29) is 11.8 Å². The highest BCUT2D eigenvalue weighted by atomic mass is 32.2. The van der Waals surface area contributed by atoms with Gasteiger partial charge in [0.05, 0.1) is 12.5 Å². The number of aromatic nitrogens is 2. The van der Waals surface area contributed by atoms with Crippen LogP contribution in [-0.4, -0.2) is 46.3 Å². The molecule has 6 nitrogen and oxygen atoms in total. The number of thioether (sulfide) groups is 1. The standard InChI is InChI=1S/C26H32N4O2S/c1-20-8-5-9-21(16-20)19-33-15-7-13-27-26(31)23-12-6-14-30(17-23)18-24-28-25(29-32-24)22-10-3-2-4-11-22/h2-5,8-11,16,23H,6-7,12-15,17-19H2,1H3,(H,27,31). The average Bonchev–Trinajstić information content (AvgIpc) is 3.30. The normalized spacial score (nSPS) is 16.6. The summed E-state index contributed by atoms with van der Waals surface area (Å²) in [5.41, 5.74) is 3.61. The van der Waals surface area contributed by atoms with Gasteiger partial charge in [0.15, 0.2) is 0 Å². The lowest BCUT2D eigenvalue weighted by Crippen LogP contribution is -2.43. The third kappa shape index (κ3) is 7.17. The molecule has 3 aromatic rings. The molecule has 2 aromatic carbocycles. The second kappa shape index (κ2) is 12.0. The second-order valence-corrected chi connectivity index (χ2v) is 9.74. The molecular weight excluding hydrogens is 432 g/mol. The van der Waals surface area contributed by atoms with Gasteiger partial charge in [-0.1, -0.05) is 65.3 Å². The zero-order chi connectivity index (χ0) is 22.9. The van der Waals surface area contributed by atoms with Crippen LogP contribution in [0.5, 0.6) is 0 Å². The van der Waals surface area contributed by atoms with Crippen LogP contribution >= 0.6 is 11.8 Å². The maximum absolute atomic E-state index is 12.7. The topological polar surface area (TPSA) is 71.3 Å². The third-order valence-electron chi connectivity index (χ3n) is 5.85. The van der Waals surface area contributed by atoms with E-state index < -0.39 is 0 Å². The van der Waals surface area contributed by atoms with Gasteiger partial charge in [0.1, 0.15) is 0 Å². The minimum absolute atomic E-state index is 0.0233. The molecule has 0 bridgehead atoms. The first-order valence-electron chi connectivity index (χ1n) is 11.7. The predicted octanol–water partition coefficient (Wildman–Crippen LogP) is 4.70. The largest absolute Gasteiger partial charge is 0.356 e. The van der Waals surface area contributed by atoms with Crippen molar-refractivity contribution in [1.82, 2.24) is 20.4 Å². The number of likely N-dealkylation sites (tertiary alicyclic amines) is 1. The lowest BCUT2D eigenvalue weighted by molar-refractivity contribution is -0.126. The number of carbonyl (C=O) groups is 1. The molecule has 1 aliphatic heterocycles. The summed E-state index contributed by atoms with van der Waals surface area (Å²) in [5.74, 6) is 3.47. The van der Waals surface area contributed by atoms with Crippen LogP contribution in [0.25, 0.3) is 11.4 Å². The minimum Gasteiger partial charge on any atom is -0.356 e. The van der Waals surface area contributed by atoms with Crippen LogP contribution in [0.15, 0.2) is 59.1 Å². The molecule has 0 spiro atoms. The van der Waals surface area contributed by atoms with Crippen molar-refractivity contribution in [1.29, 1.82) is 0 Å². The van der Waals surface area contributed by atoms with Crippen LogP contribution in [-0.2, 0) is 17.1 Å². The molecule has 0 aliphatic carbocycles. The van der Waals surface area contributed by atoms with Crippen molar-refractivity contribution < 1.29 is 9.32 Å². The van der Waals surface area contributed by atoms with Gasteiger partial charge in [-0.15, -0.1) is 0 Å². The van der Waals surface area contributed by atoms with Gasteiger partial charge < -0.3 is 9.84 Å². The molecule has 0 radical (unpaired) electrons. The van der Waals surface area contributed by atoms with Gasteiger partial charge >= 0.3 is 0 Å². The summed E-state index contributed by atoms with van der Waals surface area (Å²) in [7, 11) is 0. The SMILES string of the molecule is Cc1cccc(CSCCCNC(=O)C2CCCN(Cc3nc(-c4ccccc4)no3)C2)c1. The van der Waals surface area contributed by atoms with E-state index >= 15 is 0 Å². The molecule has 1 N–H and O–H groups in total. The van der Waals surface area contributed by atoms with E-state index in [0.29, 0.717) is 18.3 Å². The van der Waals surface area contributed by atoms with Gasteiger partial charge in [-0.3, -0.25) is 9.69 Å². The van der Waals surface area contributed by atoms with Crippen molar-refractivity contribution in [3.63, 3.8) is 0 Å². The van der Waals surface area contributed by atoms with Crippen LogP contribution in [0.2, 0.25) is 0 Å². The van der Waals surface area contributed by atoms with Crippen molar-refractivity contribution in [3.05, 3.63) is 71.6 Å². The van der Waals surface area contributed by atoms with Gasteiger partial charge in [-0.2, -0.15) is 16.7 Å². The molecule has 0 saturated carbocycles. The minimum atomic E-state index is 0.0233. The molecule has 1 unspecified atom stereocenters. The van der Waals surface area contributed by atoms with E-state index in [1.165, 1.54) is 11.1 Å². The van der Waals surface area contributed by atoms with Crippen molar-refractivity contribution in [2.75, 3.05) is 25.4 Å². The van der Waals surface area contributed by atoms with E-state index in [1.54, 1.807) is 0 Å². The van der Waals surface area contributed by atoms with Crippen molar-refractivity contribution in [2.45, 2.75) is 38.5 Å². The molecule has 1 atom stereocenters. The fourth-order valence-corrected chi connectivity index (χ4v) is 5.06. The first-order chi connectivity index (χ1) is 16.2. The molecule has 1 aromatic heterocycles. The number of hydrogen-bond donors (Lipinski definition) is 1. The zero-order valence-corrected chi connectivity index (χ0v) is 20.0. The number of nitrogens with zero attached hydrogens (tertiary/aromatic N) is 3. The maximum atomic E-state index is 12.7. The average molecular weight is 465 g/mol. The highest BCUT2D eigenvalue weighted by molar-refractivity contribution is 7.98. The first kappa shape index (κ1) is 23.5. The van der Waals surface area contributed by atoms with E-state index in [9.17, 15) is 4.79 Å². The lowest BCUT2D eigenvalue weighted by atomic mass is 9.97. The van der Waals surface area contributed by atoms with Crippen molar-refractivity contribution in [2.24, 2.45) is 5.92 Å². The molecule has 174 valence electrons. The Kier molecular flexibility index (Phi) is 8.55. The molecule has 1 aliphatic rings. The molecule has 33 heavy (non-hydrogen) atoms. The number of benzene rings is 2. The number of amides is 1. The van der Waals surface area contributed by atoms with Crippen LogP contribution in [0.1, 0.15) is 36.3 Å². The summed E-state index contributed by atoms with van der Waals surface area (Å²) in [5, 5.41) is 7.24. The number of carbonyl (C=O) groups excluding carboxylic acids is 1. The fourth-order valence-electron chi connectivity index (χ4n) is 4.15. The zero-order valence-electron chi connectivity index (χ0n) is 19.2. The van der Waals surface area contributed by atoms with Crippen LogP contribution in [0.3, 0.4) is 0 Å². The van der Waals surface area contributed by atoms with Crippen LogP contribution in [0, 0.1) is 12.8 Å². The number of aryl methyl sites for hydroxylation is 1. The van der Waals surface area contributed by atoms with Gasteiger partial charge in [0.25, 0.3) is 0 Å². The Morgan fingerprint density at radius 2 is 2.09 bits per heavy atom.